The van der Waals surface area contributed by atoms with Crippen molar-refractivity contribution >= 4 is 23.2 Å². The number of aromatic hydroxyl groups is 1. The Labute approximate surface area is 196 Å². The smallest absolute Gasteiger partial charge is 0.255 e. The first-order valence-corrected chi connectivity index (χ1v) is 10.9. The molecule has 1 aromatic rings. The van der Waals surface area contributed by atoms with Gasteiger partial charge in [-0.3, -0.25) is 19.3 Å². The number of primary amides is 1. The molecule has 0 heterocycles. The Hall–Kier alpha value is -3.61. The summed E-state index contributed by atoms with van der Waals surface area (Å²) in [5.41, 5.74) is 2.86. The van der Waals surface area contributed by atoms with Gasteiger partial charge in [0, 0.05) is 23.5 Å². The monoisotopic (exact) mass is 466 g/mol. The van der Waals surface area contributed by atoms with Gasteiger partial charge in [-0.25, -0.2) is 0 Å². The molecule has 0 bridgehead atoms. The number of nitrogens with zero attached hydrogens (tertiary/aromatic N) is 1. The molecule has 0 aliphatic heterocycles. The summed E-state index contributed by atoms with van der Waals surface area (Å²) in [6, 6.07) is 1.89. The lowest BCUT2D eigenvalue weighted by Gasteiger charge is -2.50. The second-order valence-corrected chi connectivity index (χ2v) is 9.10. The molecule has 1 amide bonds. The first-order chi connectivity index (χ1) is 16.0. The van der Waals surface area contributed by atoms with E-state index in [0.717, 1.165) is 0 Å². The van der Waals surface area contributed by atoms with E-state index in [1.807, 2.05) is 6.92 Å². The van der Waals surface area contributed by atoms with Crippen LogP contribution >= 0.6 is 0 Å². The van der Waals surface area contributed by atoms with Gasteiger partial charge in [0.1, 0.15) is 22.8 Å². The van der Waals surface area contributed by atoms with Gasteiger partial charge in [0.2, 0.25) is 5.78 Å². The van der Waals surface area contributed by atoms with Crippen LogP contribution in [0.4, 0.5) is 0 Å². The summed E-state index contributed by atoms with van der Waals surface area (Å²) in [4.78, 5) is 40.2. The number of rotatable bonds is 2. The molecule has 0 saturated heterocycles. The minimum Gasteiger partial charge on any atom is -0.508 e. The molecule has 0 radical (unpaired) electrons. The minimum absolute atomic E-state index is 0.0409. The highest BCUT2D eigenvalue weighted by molar-refractivity contribution is 6.24. The SMILES string of the molecule is CCC#Cc1ccc(O)c2c1C[C@H]1C[C@H]3[C@@H](N(C)C)C(=O)C(C(N)=O)=C(O)[C@@]3(O)C(=O)C1=C2O. The molecule has 6 N–H and O–H groups in total. The van der Waals surface area contributed by atoms with Gasteiger partial charge in [-0.05, 0) is 50.6 Å². The number of nitrogens with two attached hydrogens (primary N) is 1. The maximum Gasteiger partial charge on any atom is 0.255 e. The summed E-state index contributed by atoms with van der Waals surface area (Å²) in [5.74, 6) is -0.706. The molecule has 34 heavy (non-hydrogen) atoms. The Morgan fingerprint density at radius 1 is 1.24 bits per heavy atom. The van der Waals surface area contributed by atoms with Crippen molar-refractivity contribution in [2.24, 2.45) is 17.6 Å². The molecule has 3 aliphatic carbocycles. The van der Waals surface area contributed by atoms with E-state index in [2.05, 4.69) is 11.8 Å². The largest absolute Gasteiger partial charge is 0.508 e. The molecule has 4 atom stereocenters. The molecule has 4 rings (SSSR count). The van der Waals surface area contributed by atoms with Crippen LogP contribution in [-0.2, 0) is 20.8 Å². The van der Waals surface area contributed by atoms with E-state index >= 15 is 0 Å². The lowest BCUT2D eigenvalue weighted by molar-refractivity contribution is -0.153. The second kappa shape index (κ2) is 8.01. The van der Waals surface area contributed by atoms with Crippen LogP contribution in [0.15, 0.2) is 29.0 Å². The van der Waals surface area contributed by atoms with Gasteiger partial charge in [-0.15, -0.1) is 0 Å². The van der Waals surface area contributed by atoms with Crippen LogP contribution in [0, 0.1) is 23.7 Å². The molecule has 0 unspecified atom stereocenters. The standard InChI is InChI=1S/C25H26N2O7/c1-4-5-6-11-7-8-15(28)17-13(11)9-12-10-14-19(27(2)3)21(30)18(24(26)33)23(32)25(14,34)22(31)16(12)20(17)29/h7-8,12,14,19,28-29,32,34H,4,9-10H2,1-3H3,(H2,26,33)/t12-,14-,19+,25-/m0/s1. The maximum absolute atomic E-state index is 13.7. The molecule has 9 heteroatoms. The van der Waals surface area contributed by atoms with Gasteiger partial charge < -0.3 is 26.2 Å². The number of Topliss-reactive ketones (excluding diaryl/α,β-unsaturated/α-hetero) is 2. The van der Waals surface area contributed by atoms with E-state index in [0.29, 0.717) is 17.5 Å². The molecule has 3 aliphatic rings. The fourth-order valence-electron chi connectivity index (χ4n) is 5.54. The number of carbonyl (C=O) groups is 3. The number of likely N-dealkylation sites (N-methyl/N-ethyl adjacent to an activating group) is 1. The van der Waals surface area contributed by atoms with Gasteiger partial charge in [0.25, 0.3) is 5.91 Å². The number of ketones is 2. The zero-order valence-corrected chi connectivity index (χ0v) is 19.0. The molecule has 0 spiro atoms. The number of phenols is 1. The number of hydrogen-bond acceptors (Lipinski definition) is 8. The Morgan fingerprint density at radius 2 is 1.91 bits per heavy atom. The van der Waals surface area contributed by atoms with Gasteiger partial charge in [-0.2, -0.15) is 0 Å². The van der Waals surface area contributed by atoms with Gasteiger partial charge in [-0.1, -0.05) is 18.8 Å². The first-order valence-electron chi connectivity index (χ1n) is 10.9. The normalized spacial score (nSPS) is 28.2. The Morgan fingerprint density at radius 3 is 2.50 bits per heavy atom. The summed E-state index contributed by atoms with van der Waals surface area (Å²) in [5, 5.41) is 44.0. The average Bonchev–Trinajstić information content (AvgIpc) is 2.75. The molecule has 9 nitrogen and oxygen atoms in total. The van der Waals surface area contributed by atoms with Crippen LogP contribution in [-0.4, -0.2) is 68.5 Å². The van der Waals surface area contributed by atoms with Crippen LogP contribution in [0.1, 0.15) is 36.5 Å². The van der Waals surface area contributed by atoms with E-state index in [9.17, 15) is 34.8 Å². The minimum atomic E-state index is -2.64. The van der Waals surface area contributed by atoms with Crippen molar-refractivity contribution in [1.29, 1.82) is 0 Å². The van der Waals surface area contributed by atoms with Crippen molar-refractivity contribution in [2.45, 2.75) is 37.8 Å². The molecular formula is C25H26N2O7. The third-order valence-corrected chi connectivity index (χ3v) is 7.00. The summed E-state index contributed by atoms with van der Waals surface area (Å²) in [6.45, 7) is 1.89. The highest BCUT2D eigenvalue weighted by Gasteiger charge is 2.64. The van der Waals surface area contributed by atoms with Crippen LogP contribution in [0.2, 0.25) is 0 Å². The van der Waals surface area contributed by atoms with E-state index in [-0.39, 0.29) is 29.7 Å². The Kier molecular flexibility index (Phi) is 5.55. The zero-order valence-electron chi connectivity index (χ0n) is 19.0. The summed E-state index contributed by atoms with van der Waals surface area (Å²) in [7, 11) is 3.12. The van der Waals surface area contributed by atoms with Crippen LogP contribution in [0.5, 0.6) is 5.75 Å². The van der Waals surface area contributed by atoms with Gasteiger partial charge >= 0.3 is 0 Å². The zero-order chi connectivity index (χ0) is 25.1. The molecule has 1 aromatic carbocycles. The third-order valence-electron chi connectivity index (χ3n) is 7.00. The van der Waals surface area contributed by atoms with Gasteiger partial charge in [0.15, 0.2) is 11.4 Å². The van der Waals surface area contributed by atoms with E-state index in [4.69, 9.17) is 5.73 Å². The van der Waals surface area contributed by atoms with Crippen molar-refractivity contribution in [1.82, 2.24) is 4.90 Å². The Balaban J connectivity index is 1.98. The van der Waals surface area contributed by atoms with E-state index < -0.39 is 58.0 Å². The predicted molar refractivity (Wildman–Crippen MR) is 121 cm³/mol. The highest BCUT2D eigenvalue weighted by atomic mass is 16.3. The molecule has 1 saturated carbocycles. The number of benzene rings is 1. The van der Waals surface area contributed by atoms with Crippen molar-refractivity contribution in [3.05, 3.63) is 45.7 Å². The number of phenolic OH excluding ortho intramolecular Hbond substituents is 1. The Bertz CT molecular complexity index is 1260. The van der Waals surface area contributed by atoms with Crippen molar-refractivity contribution in [2.75, 3.05) is 14.1 Å². The molecule has 178 valence electrons. The fourth-order valence-corrected chi connectivity index (χ4v) is 5.54. The van der Waals surface area contributed by atoms with Gasteiger partial charge in [0.05, 0.1) is 11.6 Å². The van der Waals surface area contributed by atoms with Crippen LogP contribution in [0.25, 0.3) is 5.76 Å². The maximum atomic E-state index is 13.7. The molecule has 0 aromatic heterocycles. The topological polar surface area (TPSA) is 161 Å². The summed E-state index contributed by atoms with van der Waals surface area (Å²) in [6.07, 6.45) is 0.860. The first kappa shape index (κ1) is 23.5. The number of aliphatic hydroxyl groups is 3. The predicted octanol–water partition coefficient (Wildman–Crippen LogP) is 0.725. The van der Waals surface area contributed by atoms with Crippen molar-refractivity contribution < 1.29 is 34.8 Å². The van der Waals surface area contributed by atoms with Crippen molar-refractivity contribution in [3.63, 3.8) is 0 Å². The summed E-state index contributed by atoms with van der Waals surface area (Å²) >= 11 is 0. The van der Waals surface area contributed by atoms with Crippen LogP contribution < -0.4 is 5.73 Å². The lowest BCUT2D eigenvalue weighted by Crippen LogP contribution is -2.65. The molecular weight excluding hydrogens is 440 g/mol. The number of carbonyl (C=O) groups excluding carboxylic acids is 3. The quantitative estimate of drug-likeness (QED) is 0.315. The number of aliphatic hydroxyl groups excluding tert-OH is 2. The van der Waals surface area contributed by atoms with Crippen molar-refractivity contribution in [3.8, 4) is 17.6 Å². The highest BCUT2D eigenvalue weighted by Crippen LogP contribution is 2.52. The average molecular weight is 466 g/mol. The molecule has 1 fully saturated rings. The van der Waals surface area contributed by atoms with E-state index in [1.165, 1.54) is 11.0 Å². The summed E-state index contributed by atoms with van der Waals surface area (Å²) < 4.78 is 0. The number of hydrogen-bond donors (Lipinski definition) is 5. The number of fused-ring (bicyclic) bond motifs is 3. The second-order valence-electron chi connectivity index (χ2n) is 9.10. The lowest BCUT2D eigenvalue weighted by atomic mass is 9.57. The fraction of sp³-hybridized carbons (Fsp3) is 0.400. The van der Waals surface area contributed by atoms with E-state index in [1.54, 1.807) is 20.2 Å². The van der Waals surface area contributed by atoms with Crippen LogP contribution in [0.3, 0.4) is 0 Å². The third kappa shape index (κ3) is 3.06. The number of amides is 1.